The minimum Gasteiger partial charge on any atom is -0.508 e. The van der Waals surface area contributed by atoms with Gasteiger partial charge < -0.3 is 10.2 Å². The molecule has 4 rings (SSSR count). The number of phenols is 2. The van der Waals surface area contributed by atoms with Gasteiger partial charge in [-0.3, -0.25) is 0 Å². The number of hydrogen-bond donors (Lipinski definition) is 2. The molecule has 0 amide bonds. The molecule has 0 radical (unpaired) electrons. The van der Waals surface area contributed by atoms with Crippen LogP contribution in [0, 0.1) is 5.92 Å². The van der Waals surface area contributed by atoms with Gasteiger partial charge in [0.25, 0.3) is 0 Å². The van der Waals surface area contributed by atoms with Gasteiger partial charge in [-0.1, -0.05) is 43.2 Å². The van der Waals surface area contributed by atoms with Crippen molar-refractivity contribution in [3.63, 3.8) is 0 Å². The standard InChI is InChI=1S/C25H30O2/c1-2-3-4-18-13-14-25(17-19-5-9-22(26)10-6-19)21(15-18)8-7-20-16-23(27)11-12-24(20)25/h4-6,9-12,16,21,26-27H,2-3,7-8,13-15,17H2,1H3/t21-,25-/m0/s1. The summed E-state index contributed by atoms with van der Waals surface area (Å²) in [4.78, 5) is 0. The van der Waals surface area contributed by atoms with E-state index < -0.39 is 0 Å². The van der Waals surface area contributed by atoms with E-state index in [9.17, 15) is 10.2 Å². The molecular formula is C25H30O2. The van der Waals surface area contributed by atoms with Crippen molar-refractivity contribution in [1.82, 2.24) is 0 Å². The highest BCUT2D eigenvalue weighted by molar-refractivity contribution is 5.45. The fraction of sp³-hybridized carbons (Fsp3) is 0.440. The van der Waals surface area contributed by atoms with E-state index in [-0.39, 0.29) is 5.41 Å². The molecule has 142 valence electrons. The summed E-state index contributed by atoms with van der Waals surface area (Å²) >= 11 is 0. The van der Waals surface area contributed by atoms with Gasteiger partial charge in [-0.15, -0.1) is 0 Å². The third-order valence-electron chi connectivity index (χ3n) is 6.75. The predicted octanol–water partition coefficient (Wildman–Crippen LogP) is 6.05. The molecule has 2 nitrogen and oxygen atoms in total. The van der Waals surface area contributed by atoms with Gasteiger partial charge in [0, 0.05) is 5.41 Å². The van der Waals surface area contributed by atoms with Crippen molar-refractivity contribution < 1.29 is 10.2 Å². The van der Waals surface area contributed by atoms with Crippen LogP contribution < -0.4 is 0 Å². The highest BCUT2D eigenvalue weighted by Crippen LogP contribution is 2.53. The number of unbranched alkanes of at least 4 members (excludes halogenated alkanes) is 1. The molecule has 2 N–H and O–H groups in total. The second kappa shape index (κ2) is 7.42. The molecule has 2 aliphatic carbocycles. The van der Waals surface area contributed by atoms with Crippen molar-refractivity contribution in [3.05, 3.63) is 70.8 Å². The van der Waals surface area contributed by atoms with Crippen LogP contribution in [0.15, 0.2) is 54.1 Å². The molecule has 0 heterocycles. The minimum atomic E-state index is 0.141. The number of rotatable bonds is 4. The van der Waals surface area contributed by atoms with Gasteiger partial charge in [0.15, 0.2) is 0 Å². The largest absolute Gasteiger partial charge is 0.508 e. The first kappa shape index (κ1) is 18.2. The van der Waals surface area contributed by atoms with Crippen LogP contribution in [-0.4, -0.2) is 10.2 Å². The Morgan fingerprint density at radius 2 is 1.81 bits per heavy atom. The number of benzene rings is 2. The zero-order valence-electron chi connectivity index (χ0n) is 16.2. The molecule has 0 aliphatic heterocycles. The molecule has 1 fully saturated rings. The Hall–Kier alpha value is -2.22. The van der Waals surface area contributed by atoms with E-state index in [0.717, 1.165) is 12.8 Å². The van der Waals surface area contributed by atoms with Crippen molar-refractivity contribution in [2.24, 2.45) is 5.92 Å². The van der Waals surface area contributed by atoms with E-state index in [1.807, 2.05) is 12.1 Å². The second-order valence-corrected chi connectivity index (χ2v) is 8.43. The van der Waals surface area contributed by atoms with E-state index in [4.69, 9.17) is 0 Å². The summed E-state index contributed by atoms with van der Waals surface area (Å²) in [5.74, 6) is 1.36. The van der Waals surface area contributed by atoms with Crippen molar-refractivity contribution in [2.45, 2.75) is 63.7 Å². The Labute approximate surface area is 162 Å². The van der Waals surface area contributed by atoms with E-state index in [2.05, 4.69) is 31.2 Å². The Morgan fingerprint density at radius 3 is 2.59 bits per heavy atom. The van der Waals surface area contributed by atoms with Crippen LogP contribution in [0.2, 0.25) is 0 Å². The Balaban J connectivity index is 1.73. The first-order chi connectivity index (χ1) is 13.1. The summed E-state index contributed by atoms with van der Waals surface area (Å²) in [7, 11) is 0. The van der Waals surface area contributed by atoms with Crippen LogP contribution in [0.1, 0.15) is 62.1 Å². The summed E-state index contributed by atoms with van der Waals surface area (Å²) in [6.45, 7) is 2.25. The van der Waals surface area contributed by atoms with Gasteiger partial charge in [-0.2, -0.15) is 0 Å². The third-order valence-corrected chi connectivity index (χ3v) is 6.75. The number of allylic oxidation sites excluding steroid dienone is 2. The summed E-state index contributed by atoms with van der Waals surface area (Å²) < 4.78 is 0. The number of aromatic hydroxyl groups is 2. The second-order valence-electron chi connectivity index (χ2n) is 8.43. The third kappa shape index (κ3) is 3.50. The van der Waals surface area contributed by atoms with E-state index in [1.165, 1.54) is 55.2 Å². The molecule has 0 saturated heterocycles. The lowest BCUT2D eigenvalue weighted by molar-refractivity contribution is 0.186. The SMILES string of the molecule is CCCC=C1CC[C@@]2(Cc3ccc(O)cc3)c3ccc(O)cc3CC[C@H]2C1. The average molecular weight is 363 g/mol. The van der Waals surface area contributed by atoms with Crippen molar-refractivity contribution >= 4 is 0 Å². The summed E-state index contributed by atoms with van der Waals surface area (Å²) in [6, 6.07) is 13.8. The van der Waals surface area contributed by atoms with Gasteiger partial charge in [0.2, 0.25) is 0 Å². The van der Waals surface area contributed by atoms with Crippen molar-refractivity contribution in [3.8, 4) is 11.5 Å². The molecule has 2 atom stereocenters. The van der Waals surface area contributed by atoms with Gasteiger partial charge >= 0.3 is 0 Å². The Kier molecular flexibility index (Phi) is 4.99. The monoisotopic (exact) mass is 362 g/mol. The summed E-state index contributed by atoms with van der Waals surface area (Å²) in [6.07, 6.45) is 11.7. The van der Waals surface area contributed by atoms with Crippen LogP contribution in [0.4, 0.5) is 0 Å². The van der Waals surface area contributed by atoms with Crippen LogP contribution in [0.5, 0.6) is 11.5 Å². The van der Waals surface area contributed by atoms with Gasteiger partial charge in [-0.05, 0) is 91.8 Å². The molecule has 2 aliphatic rings. The fourth-order valence-electron chi connectivity index (χ4n) is 5.38. The van der Waals surface area contributed by atoms with Gasteiger partial charge in [0.05, 0.1) is 0 Å². The quantitative estimate of drug-likeness (QED) is 0.650. The summed E-state index contributed by atoms with van der Waals surface area (Å²) in [5.41, 5.74) is 5.84. The molecule has 27 heavy (non-hydrogen) atoms. The number of phenolic OH excluding ortho intramolecular Hbond substituents is 2. The first-order valence-corrected chi connectivity index (χ1v) is 10.4. The fourth-order valence-corrected chi connectivity index (χ4v) is 5.38. The Bertz CT molecular complexity index is 834. The number of hydrogen-bond acceptors (Lipinski definition) is 2. The molecule has 0 aromatic heterocycles. The van der Waals surface area contributed by atoms with Crippen LogP contribution in [-0.2, 0) is 18.3 Å². The van der Waals surface area contributed by atoms with Gasteiger partial charge in [0.1, 0.15) is 11.5 Å². The normalized spacial score (nSPS) is 25.8. The maximum absolute atomic E-state index is 9.99. The zero-order chi connectivity index (χ0) is 18.9. The topological polar surface area (TPSA) is 40.5 Å². The first-order valence-electron chi connectivity index (χ1n) is 10.4. The number of aryl methyl sites for hydroxylation is 1. The number of fused-ring (bicyclic) bond motifs is 3. The highest BCUT2D eigenvalue weighted by atomic mass is 16.3. The van der Waals surface area contributed by atoms with Crippen LogP contribution in [0.25, 0.3) is 0 Å². The molecule has 0 bridgehead atoms. The Morgan fingerprint density at radius 1 is 1.04 bits per heavy atom. The van der Waals surface area contributed by atoms with Gasteiger partial charge in [-0.25, -0.2) is 0 Å². The van der Waals surface area contributed by atoms with E-state index in [1.54, 1.807) is 17.7 Å². The molecule has 1 saturated carbocycles. The molecule has 2 aromatic rings. The van der Waals surface area contributed by atoms with Crippen LogP contribution >= 0.6 is 0 Å². The highest BCUT2D eigenvalue weighted by Gasteiger charge is 2.46. The molecule has 0 spiro atoms. The maximum atomic E-state index is 9.99. The van der Waals surface area contributed by atoms with E-state index in [0.29, 0.717) is 17.4 Å². The van der Waals surface area contributed by atoms with Crippen molar-refractivity contribution in [1.29, 1.82) is 0 Å². The summed E-state index contributed by atoms with van der Waals surface area (Å²) in [5, 5.41) is 19.7. The van der Waals surface area contributed by atoms with Crippen LogP contribution in [0.3, 0.4) is 0 Å². The zero-order valence-corrected chi connectivity index (χ0v) is 16.2. The molecule has 2 heteroatoms. The van der Waals surface area contributed by atoms with Crippen molar-refractivity contribution in [2.75, 3.05) is 0 Å². The average Bonchev–Trinajstić information content (AvgIpc) is 2.68. The molecule has 0 unspecified atom stereocenters. The molecule has 2 aromatic carbocycles. The molecular weight excluding hydrogens is 332 g/mol. The lowest BCUT2D eigenvalue weighted by Gasteiger charge is -2.50. The minimum absolute atomic E-state index is 0.141. The smallest absolute Gasteiger partial charge is 0.115 e. The predicted molar refractivity (Wildman–Crippen MR) is 110 cm³/mol. The lowest BCUT2D eigenvalue weighted by Crippen LogP contribution is -2.44. The lowest BCUT2D eigenvalue weighted by atomic mass is 9.54. The van der Waals surface area contributed by atoms with E-state index >= 15 is 0 Å². The maximum Gasteiger partial charge on any atom is 0.115 e.